The summed E-state index contributed by atoms with van der Waals surface area (Å²) in [5, 5.41) is 13.9. The Kier molecular flexibility index (Phi) is 6.94. The van der Waals surface area contributed by atoms with Crippen molar-refractivity contribution in [3.05, 3.63) is 76.5 Å². The number of thioether (sulfide) groups is 1. The summed E-state index contributed by atoms with van der Waals surface area (Å²) in [7, 11) is 0. The van der Waals surface area contributed by atoms with Gasteiger partial charge in [0.05, 0.1) is 16.3 Å². The van der Waals surface area contributed by atoms with Crippen molar-refractivity contribution in [1.29, 1.82) is 0 Å². The molecule has 1 saturated heterocycles. The zero-order valence-electron chi connectivity index (χ0n) is 16.4. The molecule has 0 unspecified atom stereocenters. The summed E-state index contributed by atoms with van der Waals surface area (Å²) < 4.78 is 5.71. The highest BCUT2D eigenvalue weighted by Gasteiger charge is 2.32. The predicted octanol–water partition coefficient (Wildman–Crippen LogP) is 5.20. The number of furan rings is 1. The summed E-state index contributed by atoms with van der Waals surface area (Å²) in [5.41, 5.74) is 1.34. The van der Waals surface area contributed by atoms with Crippen LogP contribution in [0.5, 0.6) is 0 Å². The van der Waals surface area contributed by atoms with Gasteiger partial charge in [0.2, 0.25) is 11.8 Å². The fraction of sp³-hybridized carbons (Fsp3) is 0.0909. The molecule has 1 aliphatic rings. The second-order valence-corrected chi connectivity index (χ2v) is 8.64. The van der Waals surface area contributed by atoms with Gasteiger partial charge in [-0.2, -0.15) is 5.10 Å². The Labute approximate surface area is 197 Å². The Bertz CT molecular complexity index is 1210. The van der Waals surface area contributed by atoms with Gasteiger partial charge in [0.15, 0.2) is 5.17 Å². The van der Waals surface area contributed by atoms with E-state index in [-0.39, 0.29) is 18.2 Å². The molecule has 2 heterocycles. The summed E-state index contributed by atoms with van der Waals surface area (Å²) >= 11 is 13.4. The van der Waals surface area contributed by atoms with E-state index in [1.54, 1.807) is 42.5 Å². The number of benzene rings is 2. The van der Waals surface area contributed by atoms with Gasteiger partial charge in [-0.3, -0.25) is 9.59 Å². The Morgan fingerprint density at radius 2 is 1.94 bits per heavy atom. The monoisotopic (exact) mass is 486 g/mol. The molecule has 2 N–H and O–H groups in total. The molecule has 1 fully saturated rings. The van der Waals surface area contributed by atoms with E-state index in [4.69, 9.17) is 27.6 Å². The van der Waals surface area contributed by atoms with Crippen molar-refractivity contribution in [3.8, 4) is 11.3 Å². The molecule has 1 aliphatic heterocycles. The third-order valence-electron chi connectivity index (χ3n) is 4.38. The highest BCUT2D eigenvalue weighted by atomic mass is 35.5. The van der Waals surface area contributed by atoms with Crippen LogP contribution in [0.15, 0.2) is 75.3 Å². The van der Waals surface area contributed by atoms with Crippen LogP contribution in [0.2, 0.25) is 10.0 Å². The van der Waals surface area contributed by atoms with Gasteiger partial charge in [-0.25, -0.2) is 0 Å². The van der Waals surface area contributed by atoms with Crippen LogP contribution in [-0.4, -0.2) is 28.4 Å². The number of anilines is 1. The molecule has 0 saturated carbocycles. The fourth-order valence-electron chi connectivity index (χ4n) is 2.89. The second-order valence-electron chi connectivity index (χ2n) is 6.67. The average Bonchev–Trinajstić information content (AvgIpc) is 3.37. The number of hydrogen-bond donors (Lipinski definition) is 2. The number of halogens is 2. The summed E-state index contributed by atoms with van der Waals surface area (Å²) in [5.74, 6) is 0.451. The van der Waals surface area contributed by atoms with Crippen molar-refractivity contribution in [3.63, 3.8) is 0 Å². The van der Waals surface area contributed by atoms with E-state index in [0.717, 1.165) is 11.8 Å². The van der Waals surface area contributed by atoms with Crippen molar-refractivity contribution in [2.75, 3.05) is 5.32 Å². The molecule has 2 aromatic carbocycles. The first-order valence-electron chi connectivity index (χ1n) is 9.47. The average molecular weight is 487 g/mol. The number of para-hydroxylation sites is 1. The van der Waals surface area contributed by atoms with Crippen molar-refractivity contribution in [2.24, 2.45) is 10.2 Å². The molecule has 2 amide bonds. The smallest absolute Gasteiger partial charge is 0.240 e. The molecule has 0 spiro atoms. The van der Waals surface area contributed by atoms with E-state index in [1.165, 1.54) is 6.21 Å². The first-order chi connectivity index (χ1) is 15.5. The molecule has 4 rings (SSSR count). The molecule has 10 heteroatoms. The first kappa shape index (κ1) is 22.1. The SMILES string of the molecule is O=C(C[C@@H]1S/C(=N\N=C/c2ccc(-c3cccc(Cl)c3Cl)o2)NC1=O)Nc1ccccc1. The second kappa shape index (κ2) is 10.0. The number of hydrogen-bond acceptors (Lipinski definition) is 6. The van der Waals surface area contributed by atoms with E-state index < -0.39 is 5.25 Å². The maximum absolute atomic E-state index is 12.2. The molecule has 1 atom stereocenters. The first-order valence-corrected chi connectivity index (χ1v) is 11.1. The van der Waals surface area contributed by atoms with Gasteiger partial charge in [0, 0.05) is 17.7 Å². The van der Waals surface area contributed by atoms with Gasteiger partial charge < -0.3 is 15.1 Å². The zero-order chi connectivity index (χ0) is 22.5. The maximum Gasteiger partial charge on any atom is 0.240 e. The number of rotatable bonds is 6. The number of carbonyl (C=O) groups excluding carboxylic acids is 2. The van der Waals surface area contributed by atoms with Crippen LogP contribution in [0.1, 0.15) is 12.2 Å². The van der Waals surface area contributed by atoms with Crippen molar-refractivity contribution in [1.82, 2.24) is 5.32 Å². The van der Waals surface area contributed by atoms with Crippen LogP contribution in [0.4, 0.5) is 5.69 Å². The Morgan fingerprint density at radius 1 is 1.12 bits per heavy atom. The normalized spacial score (nSPS) is 17.1. The minimum atomic E-state index is -0.576. The molecular weight excluding hydrogens is 471 g/mol. The molecule has 0 aliphatic carbocycles. The third kappa shape index (κ3) is 5.40. The maximum atomic E-state index is 12.2. The van der Waals surface area contributed by atoms with Gasteiger partial charge in [-0.05, 0) is 36.4 Å². The van der Waals surface area contributed by atoms with E-state index in [9.17, 15) is 9.59 Å². The topological polar surface area (TPSA) is 96.1 Å². The van der Waals surface area contributed by atoms with Crippen molar-refractivity contribution in [2.45, 2.75) is 11.7 Å². The molecule has 0 radical (unpaired) electrons. The summed E-state index contributed by atoms with van der Waals surface area (Å²) in [6, 6.07) is 17.8. The van der Waals surface area contributed by atoms with Crippen LogP contribution in [0.25, 0.3) is 11.3 Å². The predicted molar refractivity (Wildman–Crippen MR) is 128 cm³/mol. The highest BCUT2D eigenvalue weighted by Crippen LogP contribution is 2.34. The van der Waals surface area contributed by atoms with Crippen molar-refractivity contribution >= 4 is 63.8 Å². The third-order valence-corrected chi connectivity index (χ3v) is 6.27. The quantitative estimate of drug-likeness (QED) is 0.369. The van der Waals surface area contributed by atoms with Crippen molar-refractivity contribution < 1.29 is 14.0 Å². The molecular formula is C22H16Cl2N4O3S. The lowest BCUT2D eigenvalue weighted by Crippen LogP contribution is -2.28. The number of nitrogens with zero attached hydrogens (tertiary/aromatic N) is 2. The van der Waals surface area contributed by atoms with E-state index >= 15 is 0 Å². The molecule has 162 valence electrons. The Balaban J connectivity index is 1.35. The minimum Gasteiger partial charge on any atom is -0.455 e. The minimum absolute atomic E-state index is 0.0239. The van der Waals surface area contributed by atoms with Crippen LogP contribution in [0.3, 0.4) is 0 Å². The fourth-order valence-corrected chi connectivity index (χ4v) is 4.21. The summed E-state index contributed by atoms with van der Waals surface area (Å²) in [4.78, 5) is 24.3. The summed E-state index contributed by atoms with van der Waals surface area (Å²) in [6.07, 6.45) is 1.44. The van der Waals surface area contributed by atoms with E-state index in [1.807, 2.05) is 18.2 Å². The molecule has 7 nitrogen and oxygen atoms in total. The van der Waals surface area contributed by atoms with Gasteiger partial charge in [0.1, 0.15) is 16.8 Å². The molecule has 3 aromatic rings. The van der Waals surface area contributed by atoms with Gasteiger partial charge in [-0.1, -0.05) is 59.2 Å². The standard InChI is InChI=1S/C22H16Cl2N4O3S/c23-16-8-4-7-15(20(16)24)17-10-9-14(31-17)12-25-28-22-27-21(30)18(32-22)11-19(29)26-13-5-2-1-3-6-13/h1-10,12,18H,11H2,(H,26,29)(H,27,28,30)/b25-12-/t18-/m0/s1. The molecule has 1 aromatic heterocycles. The molecule has 32 heavy (non-hydrogen) atoms. The lowest BCUT2D eigenvalue weighted by atomic mass is 10.2. The lowest BCUT2D eigenvalue weighted by molar-refractivity contribution is -0.122. The number of carbonyl (C=O) groups is 2. The van der Waals surface area contributed by atoms with E-state index in [2.05, 4.69) is 20.8 Å². The van der Waals surface area contributed by atoms with Gasteiger partial charge in [-0.15, -0.1) is 5.10 Å². The van der Waals surface area contributed by atoms with Crippen LogP contribution < -0.4 is 10.6 Å². The number of nitrogens with one attached hydrogen (secondary N) is 2. The van der Waals surface area contributed by atoms with Gasteiger partial charge >= 0.3 is 0 Å². The molecule has 0 bridgehead atoms. The van der Waals surface area contributed by atoms with Crippen LogP contribution in [-0.2, 0) is 9.59 Å². The number of amidine groups is 1. The Hall–Kier alpha value is -3.07. The summed E-state index contributed by atoms with van der Waals surface area (Å²) in [6.45, 7) is 0. The highest BCUT2D eigenvalue weighted by molar-refractivity contribution is 8.15. The lowest BCUT2D eigenvalue weighted by Gasteiger charge is -2.06. The van der Waals surface area contributed by atoms with E-state index in [0.29, 0.717) is 38.0 Å². The van der Waals surface area contributed by atoms with Crippen LogP contribution >= 0.6 is 35.0 Å². The van der Waals surface area contributed by atoms with Gasteiger partial charge in [0.25, 0.3) is 0 Å². The number of amides is 2. The largest absolute Gasteiger partial charge is 0.455 e. The zero-order valence-corrected chi connectivity index (χ0v) is 18.7. The Morgan fingerprint density at radius 3 is 2.75 bits per heavy atom. The van der Waals surface area contributed by atoms with Crippen LogP contribution in [0, 0.1) is 0 Å².